The third-order valence-corrected chi connectivity index (χ3v) is 4.95. The first-order valence-corrected chi connectivity index (χ1v) is 9.10. The average Bonchev–Trinajstić information content (AvgIpc) is 3.15. The van der Waals surface area contributed by atoms with E-state index in [9.17, 15) is 4.79 Å². The average molecular weight is 349 g/mol. The van der Waals surface area contributed by atoms with Gasteiger partial charge in [-0.25, -0.2) is 9.50 Å². The summed E-state index contributed by atoms with van der Waals surface area (Å²) < 4.78 is 1.80. The van der Waals surface area contributed by atoms with Crippen LogP contribution in [0.5, 0.6) is 0 Å². The van der Waals surface area contributed by atoms with Gasteiger partial charge in [0.1, 0.15) is 5.69 Å². The summed E-state index contributed by atoms with van der Waals surface area (Å²) >= 11 is 0. The largest absolute Gasteiger partial charge is 0.368 e. The van der Waals surface area contributed by atoms with Crippen molar-refractivity contribution in [1.82, 2.24) is 19.5 Å². The van der Waals surface area contributed by atoms with Crippen LogP contribution in [0, 0.1) is 6.92 Å². The zero-order valence-corrected chi connectivity index (χ0v) is 15.2. The molecule has 6 heteroatoms. The Morgan fingerprint density at radius 1 is 1.12 bits per heavy atom. The van der Waals surface area contributed by atoms with Crippen molar-refractivity contribution in [1.29, 1.82) is 0 Å². The van der Waals surface area contributed by atoms with Crippen LogP contribution in [-0.2, 0) is 6.42 Å². The van der Waals surface area contributed by atoms with Crippen molar-refractivity contribution in [3.63, 3.8) is 0 Å². The van der Waals surface area contributed by atoms with Gasteiger partial charge in [-0.1, -0.05) is 19.1 Å². The summed E-state index contributed by atoms with van der Waals surface area (Å²) in [7, 11) is 0. The summed E-state index contributed by atoms with van der Waals surface area (Å²) in [6, 6.07) is 12.2. The molecule has 2 aromatic heterocycles. The Labute approximate surface area is 153 Å². The molecule has 1 saturated heterocycles. The first kappa shape index (κ1) is 16.6. The van der Waals surface area contributed by atoms with Crippen LogP contribution in [0.4, 0.5) is 5.69 Å². The van der Waals surface area contributed by atoms with Crippen LogP contribution in [-0.4, -0.2) is 51.6 Å². The van der Waals surface area contributed by atoms with Crippen molar-refractivity contribution in [3.05, 3.63) is 59.5 Å². The van der Waals surface area contributed by atoms with E-state index in [4.69, 9.17) is 0 Å². The normalized spacial score (nSPS) is 14.8. The molecule has 1 fully saturated rings. The number of aryl methyl sites for hydroxylation is 2. The number of aromatic nitrogens is 3. The second-order valence-electron chi connectivity index (χ2n) is 6.71. The van der Waals surface area contributed by atoms with E-state index in [1.165, 1.54) is 11.3 Å². The van der Waals surface area contributed by atoms with Crippen molar-refractivity contribution in [2.24, 2.45) is 0 Å². The fourth-order valence-electron chi connectivity index (χ4n) is 3.49. The van der Waals surface area contributed by atoms with E-state index < -0.39 is 0 Å². The molecule has 134 valence electrons. The highest BCUT2D eigenvalue weighted by Gasteiger charge is 2.24. The molecule has 1 aliphatic rings. The highest BCUT2D eigenvalue weighted by atomic mass is 16.2. The number of fused-ring (bicyclic) bond motifs is 1. The Bertz CT molecular complexity index is 940. The van der Waals surface area contributed by atoms with E-state index in [2.05, 4.69) is 53.1 Å². The summed E-state index contributed by atoms with van der Waals surface area (Å²) in [6.45, 7) is 7.26. The van der Waals surface area contributed by atoms with Crippen LogP contribution in [0.15, 0.2) is 42.6 Å². The van der Waals surface area contributed by atoms with Gasteiger partial charge in [0.15, 0.2) is 5.65 Å². The third kappa shape index (κ3) is 3.03. The molecule has 0 saturated carbocycles. The van der Waals surface area contributed by atoms with Gasteiger partial charge in [-0.15, -0.1) is 0 Å². The van der Waals surface area contributed by atoms with E-state index in [1.807, 2.05) is 17.0 Å². The molecule has 0 atom stereocenters. The summed E-state index contributed by atoms with van der Waals surface area (Å²) in [6.07, 6.45) is 2.53. The van der Waals surface area contributed by atoms with Crippen molar-refractivity contribution in [3.8, 4) is 0 Å². The number of piperazine rings is 1. The van der Waals surface area contributed by atoms with Gasteiger partial charge in [0.05, 0.1) is 6.20 Å². The van der Waals surface area contributed by atoms with Gasteiger partial charge in [0, 0.05) is 43.6 Å². The number of hydrogen-bond acceptors (Lipinski definition) is 4. The smallest absolute Gasteiger partial charge is 0.272 e. The van der Waals surface area contributed by atoms with Gasteiger partial charge in [-0.05, 0) is 37.1 Å². The van der Waals surface area contributed by atoms with Crippen molar-refractivity contribution in [2.75, 3.05) is 31.1 Å². The molecule has 0 bridgehead atoms. The van der Waals surface area contributed by atoms with Crippen LogP contribution >= 0.6 is 0 Å². The number of carbonyl (C=O) groups excluding carboxylic acids is 1. The van der Waals surface area contributed by atoms with Crippen molar-refractivity contribution >= 4 is 17.2 Å². The summed E-state index contributed by atoms with van der Waals surface area (Å²) in [4.78, 5) is 21.7. The molecule has 0 spiro atoms. The van der Waals surface area contributed by atoms with Crippen molar-refractivity contribution in [2.45, 2.75) is 20.3 Å². The van der Waals surface area contributed by atoms with E-state index >= 15 is 0 Å². The predicted octanol–water partition coefficient (Wildman–Crippen LogP) is 2.56. The van der Waals surface area contributed by atoms with Gasteiger partial charge in [0.25, 0.3) is 5.91 Å². The molecule has 3 aromatic rings. The van der Waals surface area contributed by atoms with E-state index in [1.54, 1.807) is 10.7 Å². The monoisotopic (exact) mass is 349 g/mol. The van der Waals surface area contributed by atoms with Crippen LogP contribution in [0.25, 0.3) is 5.65 Å². The molecule has 1 amide bonds. The number of anilines is 1. The highest BCUT2D eigenvalue weighted by Crippen LogP contribution is 2.19. The van der Waals surface area contributed by atoms with E-state index in [0.29, 0.717) is 18.8 Å². The molecular formula is C20H23N5O. The summed E-state index contributed by atoms with van der Waals surface area (Å²) in [5, 5.41) is 4.28. The topological polar surface area (TPSA) is 53.7 Å². The minimum absolute atomic E-state index is 0.00675. The second-order valence-corrected chi connectivity index (χ2v) is 6.71. The molecule has 26 heavy (non-hydrogen) atoms. The fourth-order valence-corrected chi connectivity index (χ4v) is 3.49. The Balaban J connectivity index is 1.50. The Morgan fingerprint density at radius 3 is 2.65 bits per heavy atom. The first-order valence-electron chi connectivity index (χ1n) is 9.10. The van der Waals surface area contributed by atoms with E-state index in [-0.39, 0.29) is 5.91 Å². The number of nitrogens with zero attached hydrogens (tertiary/aromatic N) is 5. The quantitative estimate of drug-likeness (QED) is 0.729. The molecule has 3 heterocycles. The van der Waals surface area contributed by atoms with Gasteiger partial charge >= 0.3 is 0 Å². The molecule has 4 rings (SSSR count). The Kier molecular flexibility index (Phi) is 4.32. The Morgan fingerprint density at radius 2 is 1.92 bits per heavy atom. The van der Waals surface area contributed by atoms with Gasteiger partial charge in [0.2, 0.25) is 0 Å². The fraction of sp³-hybridized carbons (Fsp3) is 0.350. The van der Waals surface area contributed by atoms with Crippen LogP contribution in [0.3, 0.4) is 0 Å². The maximum absolute atomic E-state index is 12.9. The second kappa shape index (κ2) is 6.78. The zero-order chi connectivity index (χ0) is 18.1. The molecule has 0 N–H and O–H groups in total. The number of carbonyl (C=O) groups is 1. The van der Waals surface area contributed by atoms with Gasteiger partial charge < -0.3 is 9.80 Å². The lowest BCUT2D eigenvalue weighted by atomic mass is 10.2. The minimum atomic E-state index is 0.00675. The van der Waals surface area contributed by atoms with Gasteiger partial charge in [-0.3, -0.25) is 4.79 Å². The van der Waals surface area contributed by atoms with Gasteiger partial charge in [-0.2, -0.15) is 5.10 Å². The number of amides is 1. The number of rotatable bonds is 3. The molecule has 1 aliphatic heterocycles. The molecule has 0 radical (unpaired) electrons. The first-order chi connectivity index (χ1) is 12.7. The third-order valence-electron chi connectivity index (χ3n) is 4.95. The summed E-state index contributed by atoms with van der Waals surface area (Å²) in [5.41, 5.74) is 4.72. The standard InChI is InChI=1S/C20H23N5O/c1-3-16-14-18(22-19-7-8-21-25(16)19)20(26)24-11-9-23(10-12-24)17-6-4-5-15(2)13-17/h4-8,13-14H,3,9-12H2,1-2H3. The number of hydrogen-bond donors (Lipinski definition) is 0. The maximum atomic E-state index is 12.9. The lowest BCUT2D eigenvalue weighted by molar-refractivity contribution is 0.0741. The predicted molar refractivity (Wildman–Crippen MR) is 102 cm³/mol. The summed E-state index contributed by atoms with van der Waals surface area (Å²) in [5.74, 6) is 0.00675. The molecular weight excluding hydrogens is 326 g/mol. The Hall–Kier alpha value is -2.89. The zero-order valence-electron chi connectivity index (χ0n) is 15.2. The molecule has 0 unspecified atom stereocenters. The molecule has 6 nitrogen and oxygen atoms in total. The SMILES string of the molecule is CCc1cc(C(=O)N2CCN(c3cccc(C)c3)CC2)nc2ccnn12. The van der Waals surface area contributed by atoms with Crippen LogP contribution in [0.1, 0.15) is 28.7 Å². The number of benzene rings is 1. The molecule has 1 aromatic carbocycles. The minimum Gasteiger partial charge on any atom is -0.368 e. The van der Waals surface area contributed by atoms with Crippen molar-refractivity contribution < 1.29 is 4.79 Å². The van der Waals surface area contributed by atoms with Crippen LogP contribution in [0.2, 0.25) is 0 Å². The van der Waals surface area contributed by atoms with Crippen LogP contribution < -0.4 is 4.90 Å². The lowest BCUT2D eigenvalue weighted by Crippen LogP contribution is -2.49. The van der Waals surface area contributed by atoms with E-state index in [0.717, 1.165) is 30.9 Å². The lowest BCUT2D eigenvalue weighted by Gasteiger charge is -2.36. The maximum Gasteiger partial charge on any atom is 0.272 e. The highest BCUT2D eigenvalue weighted by molar-refractivity contribution is 5.93. The molecule has 0 aliphatic carbocycles.